The van der Waals surface area contributed by atoms with Gasteiger partial charge in [0.25, 0.3) is 5.91 Å². The topological polar surface area (TPSA) is 96.9 Å². The van der Waals surface area contributed by atoms with Crippen molar-refractivity contribution in [3.8, 4) is 11.9 Å². The fraction of sp³-hybridized carbons (Fsp3) is 0.211. The second kappa shape index (κ2) is 7.25. The number of amides is 1. The molecule has 0 spiro atoms. The first-order valence-electron chi connectivity index (χ1n) is 8.46. The second-order valence-electron chi connectivity index (χ2n) is 6.21. The Morgan fingerprint density at radius 3 is 2.85 bits per heavy atom. The van der Waals surface area contributed by atoms with Crippen LogP contribution >= 0.6 is 0 Å². The zero-order valence-corrected chi connectivity index (χ0v) is 14.4. The Labute approximate surface area is 155 Å². The van der Waals surface area contributed by atoms with Gasteiger partial charge in [-0.3, -0.25) is 4.79 Å². The summed E-state index contributed by atoms with van der Waals surface area (Å²) < 4.78 is 8.09. The second-order valence-corrected chi connectivity index (χ2v) is 6.21. The summed E-state index contributed by atoms with van der Waals surface area (Å²) in [6, 6.07) is 11.0. The van der Waals surface area contributed by atoms with E-state index in [4.69, 9.17) is 10.00 Å². The summed E-state index contributed by atoms with van der Waals surface area (Å²) in [5.74, 6) is 0.300. The molecule has 1 atom stereocenters. The van der Waals surface area contributed by atoms with Gasteiger partial charge in [0.2, 0.25) is 5.88 Å². The van der Waals surface area contributed by atoms with Crippen molar-refractivity contribution in [3.63, 3.8) is 0 Å². The summed E-state index contributed by atoms with van der Waals surface area (Å²) in [7, 11) is 0. The fourth-order valence-electron chi connectivity index (χ4n) is 3.07. The first-order chi connectivity index (χ1) is 13.2. The standard InChI is InChI=1S/C19H16N6O2/c20-8-14-3-4-18(21-9-14)27-17-12-24-7-1-2-16(24)11-25(13-17)19(26)15-5-6-22-23-10-15/h1-7,9-10,17H,11-13H2/t17-/m0/s1. The van der Waals surface area contributed by atoms with Crippen LogP contribution in [0.2, 0.25) is 0 Å². The van der Waals surface area contributed by atoms with E-state index in [0.717, 1.165) is 5.69 Å². The van der Waals surface area contributed by atoms with Crippen LogP contribution in [0.25, 0.3) is 0 Å². The minimum absolute atomic E-state index is 0.124. The smallest absolute Gasteiger partial charge is 0.256 e. The van der Waals surface area contributed by atoms with Gasteiger partial charge in [-0.15, -0.1) is 0 Å². The lowest BCUT2D eigenvalue weighted by atomic mass is 10.2. The van der Waals surface area contributed by atoms with Crippen LogP contribution in [-0.2, 0) is 13.1 Å². The van der Waals surface area contributed by atoms with Gasteiger partial charge in [0.15, 0.2) is 0 Å². The Morgan fingerprint density at radius 1 is 1.19 bits per heavy atom. The van der Waals surface area contributed by atoms with Gasteiger partial charge in [0.1, 0.15) is 12.2 Å². The molecule has 4 heterocycles. The molecule has 0 aromatic carbocycles. The number of hydrogen-bond acceptors (Lipinski definition) is 6. The molecule has 0 bridgehead atoms. The Balaban J connectivity index is 1.58. The van der Waals surface area contributed by atoms with Gasteiger partial charge >= 0.3 is 0 Å². The normalized spacial score (nSPS) is 16.1. The van der Waals surface area contributed by atoms with Gasteiger partial charge < -0.3 is 14.2 Å². The first kappa shape index (κ1) is 16.7. The van der Waals surface area contributed by atoms with E-state index in [2.05, 4.69) is 19.7 Å². The molecule has 134 valence electrons. The molecule has 0 unspecified atom stereocenters. The van der Waals surface area contributed by atoms with Crippen molar-refractivity contribution < 1.29 is 9.53 Å². The highest BCUT2D eigenvalue weighted by Crippen LogP contribution is 2.19. The van der Waals surface area contributed by atoms with Crippen molar-refractivity contribution in [1.29, 1.82) is 5.26 Å². The minimum Gasteiger partial charge on any atom is -0.471 e. The fourth-order valence-corrected chi connectivity index (χ4v) is 3.07. The quantitative estimate of drug-likeness (QED) is 0.704. The highest BCUT2D eigenvalue weighted by molar-refractivity contribution is 5.93. The number of carbonyl (C=O) groups excluding carboxylic acids is 1. The predicted octanol–water partition coefficient (Wildman–Crippen LogP) is 1.65. The number of rotatable bonds is 3. The van der Waals surface area contributed by atoms with Crippen LogP contribution in [0.5, 0.6) is 5.88 Å². The van der Waals surface area contributed by atoms with Crippen molar-refractivity contribution in [2.45, 2.75) is 19.2 Å². The van der Waals surface area contributed by atoms with Crippen molar-refractivity contribution in [2.75, 3.05) is 6.54 Å². The Bertz CT molecular complexity index is 977. The number of pyridine rings is 1. The van der Waals surface area contributed by atoms with Crippen LogP contribution < -0.4 is 4.74 Å². The molecule has 0 saturated carbocycles. The molecule has 0 radical (unpaired) electrons. The van der Waals surface area contributed by atoms with Gasteiger partial charge in [-0.25, -0.2) is 4.98 Å². The Morgan fingerprint density at radius 2 is 2.11 bits per heavy atom. The zero-order valence-electron chi connectivity index (χ0n) is 14.4. The molecule has 1 aliphatic rings. The molecule has 4 rings (SSSR count). The van der Waals surface area contributed by atoms with Crippen LogP contribution in [-0.4, -0.2) is 43.2 Å². The van der Waals surface area contributed by atoms with Gasteiger partial charge in [-0.05, 0) is 24.3 Å². The van der Waals surface area contributed by atoms with Crippen LogP contribution in [0.4, 0.5) is 0 Å². The van der Waals surface area contributed by atoms with Gasteiger partial charge in [0, 0.05) is 24.2 Å². The molecule has 8 nitrogen and oxygen atoms in total. The number of aromatic nitrogens is 4. The van der Waals surface area contributed by atoms with E-state index in [9.17, 15) is 4.79 Å². The molecule has 3 aromatic rings. The Hall–Kier alpha value is -3.73. The highest BCUT2D eigenvalue weighted by Gasteiger charge is 2.27. The maximum atomic E-state index is 12.9. The number of fused-ring (bicyclic) bond motifs is 1. The number of hydrogen-bond donors (Lipinski definition) is 0. The summed E-state index contributed by atoms with van der Waals surface area (Å²) in [5.41, 5.74) is 1.99. The molecule has 3 aromatic heterocycles. The number of carbonyl (C=O) groups is 1. The summed E-state index contributed by atoms with van der Waals surface area (Å²) in [5, 5.41) is 16.4. The van der Waals surface area contributed by atoms with Crippen molar-refractivity contribution >= 4 is 5.91 Å². The van der Waals surface area contributed by atoms with Crippen LogP contribution in [0.1, 0.15) is 21.6 Å². The third-order valence-corrected chi connectivity index (χ3v) is 4.37. The van der Waals surface area contributed by atoms with E-state index >= 15 is 0 Å². The number of ether oxygens (including phenoxy) is 1. The average molecular weight is 360 g/mol. The van der Waals surface area contributed by atoms with Gasteiger partial charge in [-0.2, -0.15) is 15.5 Å². The average Bonchev–Trinajstić information content (AvgIpc) is 3.07. The van der Waals surface area contributed by atoms with E-state index in [1.807, 2.05) is 24.4 Å². The molecule has 0 fully saturated rings. The third kappa shape index (κ3) is 3.62. The molecule has 0 aliphatic carbocycles. The summed E-state index contributed by atoms with van der Waals surface area (Å²) in [4.78, 5) is 18.8. The van der Waals surface area contributed by atoms with Crippen LogP contribution in [0, 0.1) is 11.3 Å². The van der Waals surface area contributed by atoms with E-state index in [1.54, 1.807) is 23.1 Å². The molecule has 27 heavy (non-hydrogen) atoms. The minimum atomic E-state index is -0.280. The van der Waals surface area contributed by atoms with Gasteiger partial charge in [-0.1, -0.05) is 0 Å². The maximum Gasteiger partial charge on any atom is 0.256 e. The summed E-state index contributed by atoms with van der Waals surface area (Å²) in [6.45, 7) is 1.49. The Kier molecular flexibility index (Phi) is 4.49. The highest BCUT2D eigenvalue weighted by atomic mass is 16.5. The molecule has 8 heteroatoms. The molecule has 1 aliphatic heterocycles. The van der Waals surface area contributed by atoms with Crippen molar-refractivity contribution in [3.05, 3.63) is 71.9 Å². The molecular weight excluding hydrogens is 344 g/mol. The largest absolute Gasteiger partial charge is 0.471 e. The van der Waals surface area contributed by atoms with Crippen molar-refractivity contribution in [2.24, 2.45) is 0 Å². The van der Waals surface area contributed by atoms with Crippen molar-refractivity contribution in [1.82, 2.24) is 24.6 Å². The summed E-state index contributed by atoms with van der Waals surface area (Å²) >= 11 is 0. The number of nitrogens with zero attached hydrogens (tertiary/aromatic N) is 6. The zero-order chi connectivity index (χ0) is 18.6. The van der Waals surface area contributed by atoms with E-state index in [0.29, 0.717) is 36.6 Å². The van der Waals surface area contributed by atoms with Gasteiger partial charge in [0.05, 0.1) is 43.2 Å². The molecular formula is C19H16N6O2. The molecule has 0 N–H and O–H groups in total. The monoisotopic (exact) mass is 360 g/mol. The van der Waals surface area contributed by atoms with Crippen LogP contribution in [0.15, 0.2) is 55.1 Å². The number of nitriles is 1. The van der Waals surface area contributed by atoms with E-state index in [-0.39, 0.29) is 12.0 Å². The molecule has 0 saturated heterocycles. The lowest BCUT2D eigenvalue weighted by molar-refractivity contribution is 0.0645. The first-order valence-corrected chi connectivity index (χ1v) is 8.46. The lowest BCUT2D eigenvalue weighted by Gasteiger charge is -2.24. The third-order valence-electron chi connectivity index (χ3n) is 4.37. The summed E-state index contributed by atoms with van der Waals surface area (Å²) in [6.07, 6.45) is 6.13. The lowest BCUT2D eigenvalue weighted by Crippen LogP contribution is -2.38. The SMILES string of the molecule is N#Cc1ccc(O[C@@H]2CN(C(=O)c3ccnnc3)Cc3cccn3C2)nc1. The molecule has 1 amide bonds. The van der Waals surface area contributed by atoms with Crippen LogP contribution in [0.3, 0.4) is 0 Å². The van der Waals surface area contributed by atoms with E-state index < -0.39 is 0 Å². The maximum absolute atomic E-state index is 12.9. The predicted molar refractivity (Wildman–Crippen MR) is 94.6 cm³/mol. The van der Waals surface area contributed by atoms with E-state index in [1.165, 1.54) is 18.6 Å².